The Morgan fingerprint density at radius 3 is 2.85 bits per heavy atom. The molecule has 0 atom stereocenters. The lowest BCUT2D eigenvalue weighted by Crippen LogP contribution is -2.35. The molecule has 1 aliphatic rings. The lowest BCUT2D eigenvalue weighted by molar-refractivity contribution is -0.117. The minimum Gasteiger partial charge on any atom is -0.494 e. The summed E-state index contributed by atoms with van der Waals surface area (Å²) >= 11 is 0. The zero-order valence-corrected chi connectivity index (χ0v) is 12.2. The number of hydrogen-bond donors (Lipinski definition) is 2. The molecule has 1 aromatic rings. The van der Waals surface area contributed by atoms with E-state index in [1.165, 1.54) is 19.3 Å². The number of likely N-dealkylation sites (N-methyl/N-ethyl adjacent to an activating group) is 1. The van der Waals surface area contributed by atoms with Crippen LogP contribution in [0.25, 0.3) is 0 Å². The highest BCUT2D eigenvalue weighted by atomic mass is 16.5. The zero-order chi connectivity index (χ0) is 14.5. The van der Waals surface area contributed by atoms with Crippen molar-refractivity contribution in [1.82, 2.24) is 4.90 Å². The maximum absolute atomic E-state index is 12.0. The Morgan fingerprint density at radius 2 is 2.25 bits per heavy atom. The van der Waals surface area contributed by atoms with Gasteiger partial charge >= 0.3 is 0 Å². The third kappa shape index (κ3) is 3.87. The SMILES string of the molecule is COc1cc(N)ccc1NC(=O)CN(C)CC1CCC1. The van der Waals surface area contributed by atoms with Crippen molar-refractivity contribution in [3.05, 3.63) is 18.2 Å². The first-order valence-corrected chi connectivity index (χ1v) is 7.00. The number of nitrogens with zero attached hydrogens (tertiary/aromatic N) is 1. The van der Waals surface area contributed by atoms with Gasteiger partial charge in [-0.25, -0.2) is 0 Å². The van der Waals surface area contributed by atoms with E-state index >= 15 is 0 Å². The predicted molar refractivity (Wildman–Crippen MR) is 80.9 cm³/mol. The van der Waals surface area contributed by atoms with Gasteiger partial charge in [0.25, 0.3) is 0 Å². The van der Waals surface area contributed by atoms with Crippen molar-refractivity contribution in [3.8, 4) is 5.75 Å². The number of nitrogens with one attached hydrogen (secondary N) is 1. The number of methoxy groups -OCH3 is 1. The molecule has 1 aliphatic carbocycles. The van der Waals surface area contributed by atoms with Gasteiger partial charge < -0.3 is 15.8 Å². The first-order chi connectivity index (χ1) is 9.58. The molecular weight excluding hydrogens is 254 g/mol. The zero-order valence-electron chi connectivity index (χ0n) is 12.2. The standard InChI is InChI=1S/C15H23N3O2/c1-18(9-11-4-3-5-11)10-15(19)17-13-7-6-12(16)8-14(13)20-2/h6-8,11H,3-5,9-10,16H2,1-2H3,(H,17,19). The van der Waals surface area contributed by atoms with Crippen molar-refractivity contribution < 1.29 is 9.53 Å². The van der Waals surface area contributed by atoms with Crippen molar-refractivity contribution in [3.63, 3.8) is 0 Å². The van der Waals surface area contributed by atoms with Crippen LogP contribution in [-0.2, 0) is 4.79 Å². The summed E-state index contributed by atoms with van der Waals surface area (Å²) in [5.74, 6) is 1.31. The molecule has 0 radical (unpaired) electrons. The fourth-order valence-electron chi connectivity index (χ4n) is 2.43. The Balaban J connectivity index is 1.87. The summed E-state index contributed by atoms with van der Waals surface area (Å²) in [5, 5.41) is 2.87. The highest BCUT2D eigenvalue weighted by Gasteiger charge is 2.20. The maximum atomic E-state index is 12.0. The van der Waals surface area contributed by atoms with Crippen LogP contribution < -0.4 is 15.8 Å². The fourth-order valence-corrected chi connectivity index (χ4v) is 2.43. The monoisotopic (exact) mass is 277 g/mol. The Kier molecular flexibility index (Phi) is 4.84. The minimum absolute atomic E-state index is 0.0325. The number of benzene rings is 1. The molecule has 5 nitrogen and oxygen atoms in total. The summed E-state index contributed by atoms with van der Waals surface area (Å²) < 4.78 is 5.21. The van der Waals surface area contributed by atoms with Gasteiger partial charge in [0.15, 0.2) is 0 Å². The summed E-state index contributed by atoms with van der Waals surface area (Å²) in [5.41, 5.74) is 6.96. The van der Waals surface area contributed by atoms with Gasteiger partial charge in [0, 0.05) is 18.3 Å². The summed E-state index contributed by atoms with van der Waals surface area (Å²) in [6.07, 6.45) is 3.91. The molecule has 20 heavy (non-hydrogen) atoms. The van der Waals surface area contributed by atoms with Gasteiger partial charge in [0.05, 0.1) is 19.3 Å². The lowest BCUT2D eigenvalue weighted by Gasteiger charge is -2.29. The topological polar surface area (TPSA) is 67.6 Å². The van der Waals surface area contributed by atoms with E-state index in [1.54, 1.807) is 25.3 Å². The van der Waals surface area contributed by atoms with Crippen LogP contribution in [0.1, 0.15) is 19.3 Å². The van der Waals surface area contributed by atoms with Gasteiger partial charge in [-0.1, -0.05) is 6.42 Å². The van der Waals surface area contributed by atoms with Gasteiger partial charge in [0.1, 0.15) is 5.75 Å². The normalized spacial score (nSPS) is 14.9. The molecule has 0 saturated heterocycles. The van der Waals surface area contributed by atoms with Crippen LogP contribution in [0.2, 0.25) is 0 Å². The molecule has 3 N–H and O–H groups in total. The molecule has 5 heteroatoms. The minimum atomic E-state index is -0.0325. The van der Waals surface area contributed by atoms with Crippen LogP contribution in [0, 0.1) is 5.92 Å². The number of rotatable bonds is 6. The van der Waals surface area contributed by atoms with Crippen molar-refractivity contribution in [1.29, 1.82) is 0 Å². The second-order valence-corrected chi connectivity index (χ2v) is 5.50. The van der Waals surface area contributed by atoms with Crippen LogP contribution in [0.5, 0.6) is 5.75 Å². The number of carbonyl (C=O) groups is 1. The Hall–Kier alpha value is -1.75. The van der Waals surface area contributed by atoms with E-state index in [0.717, 1.165) is 12.5 Å². The molecule has 0 aromatic heterocycles. The van der Waals surface area contributed by atoms with Crippen molar-refractivity contribution in [2.75, 3.05) is 38.3 Å². The van der Waals surface area contributed by atoms with E-state index in [0.29, 0.717) is 23.7 Å². The van der Waals surface area contributed by atoms with Crippen molar-refractivity contribution in [2.45, 2.75) is 19.3 Å². The second-order valence-electron chi connectivity index (χ2n) is 5.50. The van der Waals surface area contributed by atoms with Gasteiger partial charge in [-0.2, -0.15) is 0 Å². The number of ether oxygens (including phenoxy) is 1. The molecule has 0 spiro atoms. The van der Waals surface area contributed by atoms with Crippen LogP contribution in [-0.4, -0.2) is 38.1 Å². The number of nitrogen functional groups attached to an aromatic ring is 1. The Bertz CT molecular complexity index is 472. The third-order valence-corrected chi connectivity index (χ3v) is 3.71. The summed E-state index contributed by atoms with van der Waals surface area (Å²) in [6.45, 7) is 1.39. The Morgan fingerprint density at radius 1 is 1.50 bits per heavy atom. The largest absolute Gasteiger partial charge is 0.494 e. The summed E-state index contributed by atoms with van der Waals surface area (Å²) in [6, 6.07) is 5.21. The summed E-state index contributed by atoms with van der Waals surface area (Å²) in [7, 11) is 3.55. The van der Waals surface area contributed by atoms with Crippen molar-refractivity contribution in [2.24, 2.45) is 5.92 Å². The molecule has 1 saturated carbocycles. The summed E-state index contributed by atoms with van der Waals surface area (Å²) in [4.78, 5) is 14.1. The average molecular weight is 277 g/mol. The predicted octanol–water partition coefficient (Wildman–Crippen LogP) is 1.95. The van der Waals surface area contributed by atoms with Crippen LogP contribution in [0.4, 0.5) is 11.4 Å². The third-order valence-electron chi connectivity index (χ3n) is 3.71. The molecule has 0 bridgehead atoms. The highest BCUT2D eigenvalue weighted by Crippen LogP contribution is 2.27. The average Bonchev–Trinajstić information content (AvgIpc) is 2.36. The molecular formula is C15H23N3O2. The van der Waals surface area contributed by atoms with Crippen LogP contribution in [0.3, 0.4) is 0 Å². The second kappa shape index (κ2) is 6.61. The van der Waals surface area contributed by atoms with Gasteiger partial charge in [0.2, 0.25) is 5.91 Å². The van der Waals surface area contributed by atoms with E-state index < -0.39 is 0 Å². The number of carbonyl (C=O) groups excluding carboxylic acids is 1. The molecule has 0 heterocycles. The molecule has 1 fully saturated rings. The van der Waals surface area contributed by atoms with E-state index in [9.17, 15) is 4.79 Å². The van der Waals surface area contributed by atoms with E-state index in [1.807, 2.05) is 7.05 Å². The smallest absolute Gasteiger partial charge is 0.238 e. The molecule has 0 unspecified atom stereocenters. The Labute approximate surface area is 120 Å². The number of hydrogen-bond acceptors (Lipinski definition) is 4. The van der Waals surface area contributed by atoms with Crippen LogP contribution in [0.15, 0.2) is 18.2 Å². The van der Waals surface area contributed by atoms with Gasteiger partial charge in [-0.05, 0) is 37.9 Å². The number of nitrogens with two attached hydrogens (primary N) is 1. The quantitative estimate of drug-likeness (QED) is 0.780. The van der Waals surface area contributed by atoms with E-state index in [4.69, 9.17) is 10.5 Å². The number of anilines is 2. The first-order valence-electron chi connectivity index (χ1n) is 7.00. The molecule has 1 amide bonds. The molecule has 1 aromatic carbocycles. The highest BCUT2D eigenvalue weighted by molar-refractivity contribution is 5.94. The fraction of sp³-hybridized carbons (Fsp3) is 0.533. The molecule has 110 valence electrons. The first kappa shape index (κ1) is 14.7. The molecule has 2 rings (SSSR count). The lowest BCUT2D eigenvalue weighted by atomic mass is 9.85. The van der Waals surface area contributed by atoms with E-state index in [2.05, 4.69) is 10.2 Å². The van der Waals surface area contributed by atoms with Gasteiger partial charge in [-0.15, -0.1) is 0 Å². The van der Waals surface area contributed by atoms with Crippen molar-refractivity contribution >= 4 is 17.3 Å². The number of amides is 1. The maximum Gasteiger partial charge on any atom is 0.238 e. The van der Waals surface area contributed by atoms with Gasteiger partial charge in [-0.3, -0.25) is 9.69 Å². The van der Waals surface area contributed by atoms with Crippen LogP contribution >= 0.6 is 0 Å². The molecule has 0 aliphatic heterocycles. The van der Waals surface area contributed by atoms with E-state index in [-0.39, 0.29) is 5.91 Å².